The van der Waals surface area contributed by atoms with Gasteiger partial charge in [0, 0.05) is 5.38 Å². The van der Waals surface area contributed by atoms with Gasteiger partial charge in [-0.25, -0.2) is 4.98 Å². The Balaban J connectivity index is 2.00. The Morgan fingerprint density at radius 1 is 1.62 bits per heavy atom. The number of carbonyl (C=O) groups is 2. The Labute approximate surface area is 141 Å². The molecule has 12 heteroatoms. The summed E-state index contributed by atoms with van der Waals surface area (Å²) in [6, 6.07) is 0. The number of carboxylic acid groups (broad SMARTS) is 1. The zero-order valence-corrected chi connectivity index (χ0v) is 13.7. The molecule has 2 unspecified atom stereocenters. The maximum absolute atomic E-state index is 12.4. The monoisotopic (exact) mass is 356 g/mol. The largest absolute Gasteiger partial charge is 0.481 e. The summed E-state index contributed by atoms with van der Waals surface area (Å²) in [5.41, 5.74) is 5.72. The Kier molecular flexibility index (Phi) is 6.12. The van der Waals surface area contributed by atoms with Gasteiger partial charge in [0.2, 0.25) is 0 Å². The van der Waals surface area contributed by atoms with Crippen molar-refractivity contribution in [3.05, 3.63) is 11.1 Å². The number of nitrogens with zero attached hydrogens (tertiary/aromatic N) is 2. The summed E-state index contributed by atoms with van der Waals surface area (Å²) >= 11 is 1.15. The quantitative estimate of drug-likeness (QED) is 0.294. The van der Waals surface area contributed by atoms with E-state index in [2.05, 4.69) is 20.3 Å². The molecule has 1 aliphatic rings. The summed E-state index contributed by atoms with van der Waals surface area (Å²) in [4.78, 5) is 31.7. The van der Waals surface area contributed by atoms with Gasteiger partial charge in [-0.3, -0.25) is 9.59 Å². The van der Waals surface area contributed by atoms with Gasteiger partial charge in [0.15, 0.2) is 10.8 Å². The van der Waals surface area contributed by atoms with Crippen molar-refractivity contribution in [1.82, 2.24) is 10.3 Å². The number of thiazole rings is 1. The molecule has 0 aromatic carbocycles. The van der Waals surface area contributed by atoms with Crippen LogP contribution in [0.25, 0.3) is 0 Å². The number of carbonyl (C=O) groups excluding carboxylic acids is 1. The first-order valence-corrected chi connectivity index (χ1v) is 7.97. The molecule has 0 saturated carbocycles. The number of rotatable bonds is 6. The lowest BCUT2D eigenvalue weighted by atomic mass is 9.72. The van der Waals surface area contributed by atoms with Crippen molar-refractivity contribution >= 4 is 41.2 Å². The van der Waals surface area contributed by atoms with Crippen LogP contribution in [-0.2, 0) is 19.1 Å². The molecule has 2 heterocycles. The number of aliphatic carboxylic acids is 1. The van der Waals surface area contributed by atoms with Gasteiger partial charge in [-0.2, -0.15) is 0 Å². The van der Waals surface area contributed by atoms with Gasteiger partial charge in [0.05, 0.1) is 18.5 Å². The maximum Gasteiger partial charge on any atom is 0.478 e. The number of carboxylic acids is 1. The van der Waals surface area contributed by atoms with Crippen LogP contribution < -0.4 is 11.1 Å². The predicted octanol–water partition coefficient (Wildman–Crippen LogP) is -0.766. The van der Waals surface area contributed by atoms with E-state index in [1.165, 1.54) is 7.11 Å². The number of anilines is 1. The Morgan fingerprint density at radius 3 is 2.92 bits per heavy atom. The Bertz CT molecular complexity index is 639. The minimum Gasteiger partial charge on any atom is -0.481 e. The van der Waals surface area contributed by atoms with E-state index in [1.54, 1.807) is 5.38 Å². The van der Waals surface area contributed by atoms with Crippen LogP contribution in [-0.4, -0.2) is 59.0 Å². The Morgan fingerprint density at radius 2 is 2.38 bits per heavy atom. The fourth-order valence-corrected chi connectivity index (χ4v) is 2.83. The molecule has 1 saturated heterocycles. The first-order chi connectivity index (χ1) is 11.4. The molecule has 0 bridgehead atoms. The number of amides is 1. The lowest BCUT2D eigenvalue weighted by molar-refractivity contribution is -0.139. The summed E-state index contributed by atoms with van der Waals surface area (Å²) in [5, 5.41) is 26.8. The van der Waals surface area contributed by atoms with Crippen molar-refractivity contribution in [3.63, 3.8) is 0 Å². The van der Waals surface area contributed by atoms with Crippen molar-refractivity contribution in [2.45, 2.75) is 31.3 Å². The molecule has 2 atom stereocenters. The number of aromatic nitrogens is 1. The smallest absolute Gasteiger partial charge is 0.478 e. The van der Waals surface area contributed by atoms with Crippen LogP contribution in [0.2, 0.25) is 0 Å². The minimum atomic E-state index is -1.31. The second-order valence-electron chi connectivity index (χ2n) is 5.10. The maximum atomic E-state index is 12.4. The van der Waals surface area contributed by atoms with E-state index in [-0.39, 0.29) is 23.0 Å². The van der Waals surface area contributed by atoms with Gasteiger partial charge in [0.1, 0.15) is 12.8 Å². The topological polar surface area (TPSA) is 156 Å². The molecule has 5 N–H and O–H groups in total. The van der Waals surface area contributed by atoms with Gasteiger partial charge in [-0.1, -0.05) is 5.16 Å². The van der Waals surface area contributed by atoms with Gasteiger partial charge in [-0.15, -0.1) is 11.3 Å². The van der Waals surface area contributed by atoms with E-state index in [9.17, 15) is 14.6 Å². The second-order valence-corrected chi connectivity index (χ2v) is 5.99. The van der Waals surface area contributed by atoms with E-state index < -0.39 is 31.0 Å². The molecule has 0 aliphatic carbocycles. The van der Waals surface area contributed by atoms with E-state index >= 15 is 0 Å². The van der Waals surface area contributed by atoms with Gasteiger partial charge < -0.3 is 30.7 Å². The number of oxime groups is 1. The fraction of sp³-hybridized carbons (Fsp3) is 0.500. The van der Waals surface area contributed by atoms with E-state index in [0.29, 0.717) is 12.8 Å². The lowest BCUT2D eigenvalue weighted by Crippen LogP contribution is -2.54. The summed E-state index contributed by atoms with van der Waals surface area (Å²) in [7, 11) is -0.0192. The zero-order valence-electron chi connectivity index (χ0n) is 12.8. The first kappa shape index (κ1) is 18.2. The summed E-state index contributed by atoms with van der Waals surface area (Å²) < 4.78 is 5.22. The van der Waals surface area contributed by atoms with E-state index in [1.807, 2.05) is 0 Å². The molecular formula is C12H17BN4O6S. The van der Waals surface area contributed by atoms with E-state index in [0.717, 1.165) is 11.3 Å². The number of nitrogen functional groups attached to an aromatic ring is 1. The third-order valence-electron chi connectivity index (χ3n) is 3.36. The van der Waals surface area contributed by atoms with Crippen LogP contribution in [0.4, 0.5) is 5.13 Å². The van der Waals surface area contributed by atoms with Crippen molar-refractivity contribution in [2.24, 2.45) is 5.16 Å². The molecule has 1 fully saturated rings. The van der Waals surface area contributed by atoms with Crippen LogP contribution in [0.1, 0.15) is 25.0 Å². The molecule has 130 valence electrons. The molecule has 0 radical (unpaired) electrons. The average molecular weight is 356 g/mol. The molecule has 1 aromatic heterocycles. The minimum absolute atomic E-state index is 0.0784. The number of hydrogen-bond acceptors (Lipinski definition) is 9. The molecule has 1 aliphatic heterocycles. The average Bonchev–Trinajstić information content (AvgIpc) is 2.93. The first-order valence-electron chi connectivity index (χ1n) is 7.09. The van der Waals surface area contributed by atoms with Crippen LogP contribution in [0, 0.1) is 0 Å². The SMILES string of the molecule is CON=C(C(=O)NC1CCC(CC(=O)O)OB1O)c1csc(N)n1. The number of nitrogens with one attached hydrogen (secondary N) is 1. The number of nitrogens with two attached hydrogens (primary N) is 1. The van der Waals surface area contributed by atoms with Crippen LogP contribution in [0.3, 0.4) is 0 Å². The molecule has 0 spiro atoms. The zero-order chi connectivity index (χ0) is 17.7. The predicted molar refractivity (Wildman–Crippen MR) is 86.3 cm³/mol. The third-order valence-corrected chi connectivity index (χ3v) is 4.03. The lowest BCUT2D eigenvalue weighted by Gasteiger charge is -2.30. The van der Waals surface area contributed by atoms with Crippen molar-refractivity contribution < 1.29 is 29.2 Å². The highest BCUT2D eigenvalue weighted by Gasteiger charge is 2.37. The van der Waals surface area contributed by atoms with Crippen LogP contribution >= 0.6 is 11.3 Å². The Hall–Kier alpha value is -2.18. The van der Waals surface area contributed by atoms with Gasteiger partial charge >= 0.3 is 13.1 Å². The van der Waals surface area contributed by atoms with Crippen LogP contribution in [0.5, 0.6) is 0 Å². The molecule has 1 amide bonds. The summed E-state index contributed by atoms with van der Waals surface area (Å²) in [5.74, 6) is -2.31. The van der Waals surface area contributed by atoms with Crippen LogP contribution in [0.15, 0.2) is 10.5 Å². The molecular weight excluding hydrogens is 339 g/mol. The highest BCUT2D eigenvalue weighted by molar-refractivity contribution is 7.13. The van der Waals surface area contributed by atoms with Gasteiger partial charge in [-0.05, 0) is 12.8 Å². The van der Waals surface area contributed by atoms with E-state index in [4.69, 9.17) is 15.5 Å². The summed E-state index contributed by atoms with van der Waals surface area (Å²) in [6.07, 6.45) is -0.0262. The molecule has 1 aromatic rings. The molecule has 24 heavy (non-hydrogen) atoms. The van der Waals surface area contributed by atoms with Crippen molar-refractivity contribution in [3.8, 4) is 0 Å². The van der Waals surface area contributed by atoms with Crippen molar-refractivity contribution in [1.29, 1.82) is 0 Å². The molecule has 10 nitrogen and oxygen atoms in total. The second kappa shape index (κ2) is 8.08. The standard InChI is InChI=1S/C12H17BN4O6S/c1-22-17-10(7-5-24-12(14)15-7)11(20)16-8-3-2-6(4-9(18)19)23-13(8)21/h5-6,8,21H,2-4H2,1H3,(H2,14,15)(H,16,20)(H,18,19). The fourth-order valence-electron chi connectivity index (χ4n) is 2.29. The highest BCUT2D eigenvalue weighted by atomic mass is 32.1. The molecule has 2 rings (SSSR count). The highest BCUT2D eigenvalue weighted by Crippen LogP contribution is 2.19. The van der Waals surface area contributed by atoms with Gasteiger partial charge in [0.25, 0.3) is 5.91 Å². The summed E-state index contributed by atoms with van der Waals surface area (Å²) in [6.45, 7) is 0. The number of hydrogen-bond donors (Lipinski definition) is 4. The normalized spacial score (nSPS) is 21.4. The third kappa shape index (κ3) is 4.66. The van der Waals surface area contributed by atoms with Crippen molar-refractivity contribution in [2.75, 3.05) is 12.8 Å².